The first-order valence-corrected chi connectivity index (χ1v) is 12.0. The van der Waals surface area contributed by atoms with Crippen molar-refractivity contribution in [2.75, 3.05) is 33.7 Å². The highest BCUT2D eigenvalue weighted by Gasteiger charge is 2.27. The number of carbonyl (C=O) groups is 1. The molecule has 1 aliphatic heterocycles. The Bertz CT molecular complexity index is 948. The van der Waals surface area contributed by atoms with Crippen LogP contribution in [0.15, 0.2) is 53.4 Å². The molecule has 0 aromatic heterocycles. The van der Waals surface area contributed by atoms with Gasteiger partial charge in [0.05, 0.1) is 25.5 Å². The summed E-state index contributed by atoms with van der Waals surface area (Å²) in [6, 6.07) is 14.9. The molecule has 1 amide bonds. The zero-order valence-electron chi connectivity index (χ0n) is 18.0. The summed E-state index contributed by atoms with van der Waals surface area (Å²) in [5.74, 6) is -0.198. The second kappa shape index (κ2) is 9.73. The number of amides is 1. The smallest absolute Gasteiger partial charge is 0.251 e. The number of rotatable bonds is 8. The van der Waals surface area contributed by atoms with E-state index < -0.39 is 10.0 Å². The van der Waals surface area contributed by atoms with Crippen LogP contribution in [0, 0.1) is 0 Å². The molecule has 6 nitrogen and oxygen atoms in total. The number of nitrogens with zero attached hydrogens (tertiary/aromatic N) is 1. The first-order valence-electron chi connectivity index (χ1n) is 10.6. The topological polar surface area (TPSA) is 70.9 Å². The Balaban J connectivity index is 1.65. The molecule has 0 spiro atoms. The summed E-state index contributed by atoms with van der Waals surface area (Å²) in [4.78, 5) is 14.1. The van der Waals surface area contributed by atoms with Crippen molar-refractivity contribution < 1.29 is 18.1 Å². The number of sulfonamides is 1. The van der Waals surface area contributed by atoms with Crippen molar-refractivity contribution in [2.45, 2.75) is 37.1 Å². The molecular formula is C23H32N3O3S+. The summed E-state index contributed by atoms with van der Waals surface area (Å²) in [5, 5.41) is 3.00. The molecular weight excluding hydrogens is 398 g/mol. The van der Waals surface area contributed by atoms with Crippen LogP contribution >= 0.6 is 0 Å². The molecule has 2 aromatic carbocycles. The SMILES string of the molecule is CCc1ccc([C@@H](CNC(=O)c2ccc(S(=O)(=O)N3CCCC3)cc2)[NH+](C)C)cc1. The minimum atomic E-state index is -3.46. The predicted molar refractivity (Wildman–Crippen MR) is 118 cm³/mol. The van der Waals surface area contributed by atoms with Gasteiger partial charge in [0, 0.05) is 24.2 Å². The van der Waals surface area contributed by atoms with E-state index in [0.29, 0.717) is 25.2 Å². The maximum Gasteiger partial charge on any atom is 0.251 e. The monoisotopic (exact) mass is 430 g/mol. The lowest BCUT2D eigenvalue weighted by Gasteiger charge is -2.22. The van der Waals surface area contributed by atoms with Crippen LogP contribution in [0.3, 0.4) is 0 Å². The molecule has 1 fully saturated rings. The fraction of sp³-hybridized carbons (Fsp3) is 0.435. The molecule has 162 valence electrons. The third kappa shape index (κ3) is 5.09. The van der Waals surface area contributed by atoms with Gasteiger partial charge in [0.15, 0.2) is 0 Å². The Morgan fingerprint density at radius 3 is 2.17 bits per heavy atom. The molecule has 1 atom stereocenters. The van der Waals surface area contributed by atoms with Gasteiger partial charge in [-0.3, -0.25) is 4.79 Å². The predicted octanol–water partition coefficient (Wildman–Crippen LogP) is 1.65. The first-order chi connectivity index (χ1) is 14.3. The van der Waals surface area contributed by atoms with E-state index >= 15 is 0 Å². The standard InChI is InChI=1S/C23H31N3O3S/c1-4-18-7-9-19(10-8-18)22(25(2)3)17-24-23(27)20-11-13-21(14-12-20)30(28,29)26-15-5-6-16-26/h7-14,22H,4-6,15-17H2,1-3H3,(H,24,27)/p+1/t22-/m1/s1. The van der Waals surface area contributed by atoms with Gasteiger partial charge in [-0.25, -0.2) is 8.42 Å². The maximum absolute atomic E-state index is 12.6. The minimum Gasteiger partial charge on any atom is -0.346 e. The van der Waals surface area contributed by atoms with Crippen LogP contribution < -0.4 is 10.2 Å². The zero-order chi connectivity index (χ0) is 21.7. The maximum atomic E-state index is 12.6. The second-order valence-electron chi connectivity index (χ2n) is 8.07. The van der Waals surface area contributed by atoms with Gasteiger partial charge in [0.1, 0.15) is 6.04 Å². The van der Waals surface area contributed by atoms with Crippen molar-refractivity contribution in [3.05, 3.63) is 65.2 Å². The number of hydrogen-bond donors (Lipinski definition) is 2. The van der Waals surface area contributed by atoms with Crippen LogP contribution in [0.25, 0.3) is 0 Å². The van der Waals surface area contributed by atoms with Crippen LogP contribution in [-0.2, 0) is 16.4 Å². The lowest BCUT2D eigenvalue weighted by Crippen LogP contribution is -3.07. The van der Waals surface area contributed by atoms with Gasteiger partial charge in [0.2, 0.25) is 10.0 Å². The third-order valence-corrected chi connectivity index (χ3v) is 7.69. The summed E-state index contributed by atoms with van der Waals surface area (Å²) >= 11 is 0. The third-order valence-electron chi connectivity index (χ3n) is 5.77. The second-order valence-corrected chi connectivity index (χ2v) is 10.0. The summed E-state index contributed by atoms with van der Waals surface area (Å²) < 4.78 is 26.8. The largest absolute Gasteiger partial charge is 0.346 e. The molecule has 0 unspecified atom stereocenters. The molecule has 0 bridgehead atoms. The highest BCUT2D eigenvalue weighted by Crippen LogP contribution is 2.21. The summed E-state index contributed by atoms with van der Waals surface area (Å²) in [7, 11) is 0.682. The molecule has 3 rings (SSSR count). The lowest BCUT2D eigenvalue weighted by atomic mass is 10.0. The Labute approximate surface area is 179 Å². The molecule has 2 aromatic rings. The Morgan fingerprint density at radius 2 is 1.63 bits per heavy atom. The lowest BCUT2D eigenvalue weighted by molar-refractivity contribution is -0.890. The normalized spacial score (nSPS) is 16.0. The van der Waals surface area contributed by atoms with Crippen LogP contribution in [-0.4, -0.2) is 52.4 Å². The van der Waals surface area contributed by atoms with E-state index in [1.807, 2.05) is 0 Å². The summed E-state index contributed by atoms with van der Waals surface area (Å²) in [5.41, 5.74) is 2.93. The van der Waals surface area contributed by atoms with E-state index in [2.05, 4.69) is 50.6 Å². The van der Waals surface area contributed by atoms with Gasteiger partial charge in [-0.15, -0.1) is 0 Å². The van der Waals surface area contributed by atoms with Gasteiger partial charge in [-0.1, -0.05) is 31.2 Å². The van der Waals surface area contributed by atoms with Crippen molar-refractivity contribution in [1.82, 2.24) is 9.62 Å². The first kappa shape index (κ1) is 22.5. The molecule has 2 N–H and O–H groups in total. The van der Waals surface area contributed by atoms with Gasteiger partial charge in [-0.05, 0) is 49.1 Å². The van der Waals surface area contributed by atoms with Crippen LogP contribution in [0.4, 0.5) is 0 Å². The molecule has 1 aliphatic rings. The summed E-state index contributed by atoms with van der Waals surface area (Å²) in [6.07, 6.45) is 2.80. The van der Waals surface area contributed by atoms with Crippen molar-refractivity contribution in [1.29, 1.82) is 0 Å². The van der Waals surface area contributed by atoms with Crippen molar-refractivity contribution >= 4 is 15.9 Å². The number of nitrogens with one attached hydrogen (secondary N) is 2. The van der Waals surface area contributed by atoms with E-state index in [1.54, 1.807) is 12.1 Å². The Morgan fingerprint density at radius 1 is 1.03 bits per heavy atom. The fourth-order valence-corrected chi connectivity index (χ4v) is 5.31. The minimum absolute atomic E-state index is 0.134. The number of hydrogen-bond acceptors (Lipinski definition) is 3. The number of quaternary nitrogens is 1. The van der Waals surface area contributed by atoms with E-state index in [-0.39, 0.29) is 16.8 Å². The highest BCUT2D eigenvalue weighted by molar-refractivity contribution is 7.89. The summed E-state index contributed by atoms with van der Waals surface area (Å²) in [6.45, 7) is 3.77. The fourth-order valence-electron chi connectivity index (χ4n) is 3.79. The molecule has 0 radical (unpaired) electrons. The average Bonchev–Trinajstić information content (AvgIpc) is 3.30. The number of benzene rings is 2. The zero-order valence-corrected chi connectivity index (χ0v) is 18.8. The Hall–Kier alpha value is -2.22. The Kier molecular flexibility index (Phi) is 7.28. The van der Waals surface area contributed by atoms with Gasteiger partial charge in [0.25, 0.3) is 5.91 Å². The van der Waals surface area contributed by atoms with Gasteiger partial charge >= 0.3 is 0 Å². The number of carbonyl (C=O) groups excluding carboxylic acids is 1. The van der Waals surface area contributed by atoms with E-state index in [9.17, 15) is 13.2 Å². The van der Waals surface area contributed by atoms with E-state index in [4.69, 9.17) is 0 Å². The van der Waals surface area contributed by atoms with Crippen molar-refractivity contribution in [3.8, 4) is 0 Å². The van der Waals surface area contributed by atoms with Crippen molar-refractivity contribution in [2.24, 2.45) is 0 Å². The van der Waals surface area contributed by atoms with Crippen LogP contribution in [0.1, 0.15) is 47.3 Å². The quantitative estimate of drug-likeness (QED) is 0.669. The molecule has 1 heterocycles. The number of likely N-dealkylation sites (N-methyl/N-ethyl adjacent to an activating group) is 1. The van der Waals surface area contributed by atoms with Crippen LogP contribution in [0.5, 0.6) is 0 Å². The average molecular weight is 431 g/mol. The molecule has 1 saturated heterocycles. The van der Waals surface area contributed by atoms with Gasteiger partial charge in [-0.2, -0.15) is 4.31 Å². The van der Waals surface area contributed by atoms with E-state index in [0.717, 1.165) is 19.3 Å². The van der Waals surface area contributed by atoms with Crippen LogP contribution in [0.2, 0.25) is 0 Å². The highest BCUT2D eigenvalue weighted by atomic mass is 32.2. The molecule has 0 aliphatic carbocycles. The number of aryl methyl sites for hydroxylation is 1. The molecule has 0 saturated carbocycles. The molecule has 7 heteroatoms. The van der Waals surface area contributed by atoms with E-state index in [1.165, 1.54) is 32.5 Å². The van der Waals surface area contributed by atoms with Gasteiger partial charge < -0.3 is 10.2 Å². The van der Waals surface area contributed by atoms with Crippen molar-refractivity contribution in [3.63, 3.8) is 0 Å². The molecule has 30 heavy (non-hydrogen) atoms.